The standard InChI is InChI=1S/C11H11ClN2O2/c1-7-5-8(12)6-9(10(7)16-2)11(15)14-4-3-13/h5-6H,4H2,1-2H3,(H,14,15). The van der Waals surface area contributed by atoms with Crippen LogP contribution in [0, 0.1) is 18.3 Å². The first-order valence-corrected chi connectivity index (χ1v) is 4.97. The molecule has 16 heavy (non-hydrogen) atoms. The number of nitrogens with one attached hydrogen (secondary N) is 1. The summed E-state index contributed by atoms with van der Waals surface area (Å²) < 4.78 is 5.13. The number of hydrogen-bond donors (Lipinski definition) is 1. The lowest BCUT2D eigenvalue weighted by atomic mass is 10.1. The summed E-state index contributed by atoms with van der Waals surface area (Å²) in [5.74, 6) is 0.101. The van der Waals surface area contributed by atoms with Gasteiger partial charge in [-0.25, -0.2) is 0 Å². The van der Waals surface area contributed by atoms with Gasteiger partial charge in [0.1, 0.15) is 12.3 Å². The molecule has 1 amide bonds. The van der Waals surface area contributed by atoms with Gasteiger partial charge in [-0.1, -0.05) is 11.6 Å². The number of ether oxygens (including phenoxy) is 1. The molecule has 1 aromatic carbocycles. The lowest BCUT2D eigenvalue weighted by Gasteiger charge is -2.11. The first kappa shape index (κ1) is 12.3. The molecule has 0 fully saturated rings. The molecule has 1 aromatic rings. The second-order valence-corrected chi connectivity index (χ2v) is 3.58. The summed E-state index contributed by atoms with van der Waals surface area (Å²) in [6.45, 7) is 1.75. The minimum absolute atomic E-state index is 0.0481. The highest BCUT2D eigenvalue weighted by molar-refractivity contribution is 6.31. The Hall–Kier alpha value is -1.73. The summed E-state index contributed by atoms with van der Waals surface area (Å²) in [4.78, 5) is 11.7. The van der Waals surface area contributed by atoms with E-state index in [9.17, 15) is 4.79 Å². The van der Waals surface area contributed by atoms with Crippen molar-refractivity contribution < 1.29 is 9.53 Å². The van der Waals surface area contributed by atoms with Crippen molar-refractivity contribution in [3.8, 4) is 11.8 Å². The van der Waals surface area contributed by atoms with E-state index in [1.165, 1.54) is 13.2 Å². The highest BCUT2D eigenvalue weighted by Crippen LogP contribution is 2.27. The Morgan fingerprint density at radius 1 is 1.62 bits per heavy atom. The van der Waals surface area contributed by atoms with Crippen LogP contribution in [-0.4, -0.2) is 19.6 Å². The van der Waals surface area contributed by atoms with Crippen molar-refractivity contribution in [2.75, 3.05) is 13.7 Å². The van der Waals surface area contributed by atoms with E-state index in [2.05, 4.69) is 5.32 Å². The number of carbonyl (C=O) groups is 1. The maximum absolute atomic E-state index is 11.7. The zero-order chi connectivity index (χ0) is 12.1. The van der Waals surface area contributed by atoms with Gasteiger partial charge in [0, 0.05) is 5.02 Å². The predicted molar refractivity (Wildman–Crippen MR) is 60.7 cm³/mol. The molecular formula is C11H11ClN2O2. The van der Waals surface area contributed by atoms with E-state index in [0.29, 0.717) is 16.3 Å². The minimum atomic E-state index is -0.371. The Bertz CT molecular complexity index is 452. The molecule has 0 saturated carbocycles. The normalized spacial score (nSPS) is 9.38. The van der Waals surface area contributed by atoms with Crippen LogP contribution in [0.1, 0.15) is 15.9 Å². The number of aryl methyl sites for hydroxylation is 1. The molecule has 1 N–H and O–H groups in total. The molecule has 0 aliphatic rings. The molecule has 0 saturated heterocycles. The number of benzene rings is 1. The van der Waals surface area contributed by atoms with Crippen molar-refractivity contribution in [1.82, 2.24) is 5.32 Å². The Kier molecular flexibility index (Phi) is 4.15. The van der Waals surface area contributed by atoms with Crippen LogP contribution in [0.15, 0.2) is 12.1 Å². The lowest BCUT2D eigenvalue weighted by molar-refractivity contribution is 0.0955. The Labute approximate surface area is 98.8 Å². The van der Waals surface area contributed by atoms with Crippen LogP contribution in [0.4, 0.5) is 0 Å². The van der Waals surface area contributed by atoms with E-state index in [4.69, 9.17) is 21.6 Å². The maximum Gasteiger partial charge on any atom is 0.255 e. The molecule has 5 heteroatoms. The smallest absolute Gasteiger partial charge is 0.255 e. The van der Waals surface area contributed by atoms with Crippen molar-refractivity contribution in [2.45, 2.75) is 6.92 Å². The first-order chi connectivity index (χ1) is 7.60. The maximum atomic E-state index is 11.7. The lowest BCUT2D eigenvalue weighted by Crippen LogP contribution is -2.24. The van der Waals surface area contributed by atoms with E-state index in [1.807, 2.05) is 6.07 Å². The average molecular weight is 239 g/mol. The number of rotatable bonds is 3. The van der Waals surface area contributed by atoms with Gasteiger partial charge >= 0.3 is 0 Å². The second-order valence-electron chi connectivity index (χ2n) is 3.14. The molecule has 4 nitrogen and oxygen atoms in total. The molecule has 0 unspecified atom stereocenters. The molecule has 1 rings (SSSR count). The van der Waals surface area contributed by atoms with Gasteiger partial charge in [0.05, 0.1) is 18.7 Å². The third-order valence-corrected chi connectivity index (χ3v) is 2.23. The number of carbonyl (C=O) groups excluding carboxylic acids is 1. The predicted octanol–water partition coefficient (Wildman–Crippen LogP) is 1.91. The van der Waals surface area contributed by atoms with Gasteiger partial charge in [-0.15, -0.1) is 0 Å². The van der Waals surface area contributed by atoms with Crippen molar-refractivity contribution in [1.29, 1.82) is 5.26 Å². The minimum Gasteiger partial charge on any atom is -0.496 e. The number of halogens is 1. The van der Waals surface area contributed by atoms with Crippen molar-refractivity contribution in [3.63, 3.8) is 0 Å². The van der Waals surface area contributed by atoms with Gasteiger partial charge in [-0.05, 0) is 24.6 Å². The molecule has 84 valence electrons. The molecule has 0 spiro atoms. The van der Waals surface area contributed by atoms with E-state index in [-0.39, 0.29) is 12.5 Å². The third-order valence-electron chi connectivity index (χ3n) is 2.02. The second kappa shape index (κ2) is 5.38. The van der Waals surface area contributed by atoms with Gasteiger partial charge < -0.3 is 10.1 Å². The summed E-state index contributed by atoms with van der Waals surface area (Å²) in [7, 11) is 1.48. The zero-order valence-electron chi connectivity index (χ0n) is 9.00. The first-order valence-electron chi connectivity index (χ1n) is 4.59. The van der Waals surface area contributed by atoms with Gasteiger partial charge in [-0.2, -0.15) is 5.26 Å². The SMILES string of the molecule is COc1c(C)cc(Cl)cc1C(=O)NCC#N. The highest BCUT2D eigenvalue weighted by atomic mass is 35.5. The summed E-state index contributed by atoms with van der Waals surface area (Å²) in [5, 5.41) is 11.3. The third kappa shape index (κ3) is 2.65. The number of amides is 1. The number of hydrogen-bond acceptors (Lipinski definition) is 3. The highest BCUT2D eigenvalue weighted by Gasteiger charge is 2.14. The molecule has 0 bridgehead atoms. The number of nitrogens with zero attached hydrogens (tertiary/aromatic N) is 1. The molecule has 0 heterocycles. The largest absolute Gasteiger partial charge is 0.496 e. The summed E-state index contributed by atoms with van der Waals surface area (Å²) in [6.07, 6.45) is 0. The van der Waals surface area contributed by atoms with Crippen molar-refractivity contribution in [2.24, 2.45) is 0 Å². The molecule has 0 radical (unpaired) electrons. The van der Waals surface area contributed by atoms with Crippen LogP contribution in [-0.2, 0) is 0 Å². The molecule has 0 aromatic heterocycles. The summed E-state index contributed by atoms with van der Waals surface area (Å²) >= 11 is 5.86. The monoisotopic (exact) mass is 238 g/mol. The van der Waals surface area contributed by atoms with Crippen LogP contribution in [0.25, 0.3) is 0 Å². The fourth-order valence-corrected chi connectivity index (χ4v) is 1.66. The molecule has 0 aliphatic heterocycles. The fraction of sp³-hybridized carbons (Fsp3) is 0.273. The van der Waals surface area contributed by atoms with Crippen LogP contribution < -0.4 is 10.1 Å². The van der Waals surface area contributed by atoms with Gasteiger partial charge in [0.15, 0.2) is 0 Å². The van der Waals surface area contributed by atoms with Gasteiger partial charge in [0.2, 0.25) is 0 Å². The van der Waals surface area contributed by atoms with E-state index < -0.39 is 0 Å². The fourth-order valence-electron chi connectivity index (χ4n) is 1.38. The average Bonchev–Trinajstić information content (AvgIpc) is 2.24. The summed E-state index contributed by atoms with van der Waals surface area (Å²) in [6, 6.07) is 5.05. The molecule has 0 aliphatic carbocycles. The summed E-state index contributed by atoms with van der Waals surface area (Å²) in [5.41, 5.74) is 1.11. The Morgan fingerprint density at radius 2 is 2.31 bits per heavy atom. The van der Waals surface area contributed by atoms with E-state index in [1.54, 1.807) is 13.0 Å². The van der Waals surface area contributed by atoms with Crippen LogP contribution in [0.5, 0.6) is 5.75 Å². The zero-order valence-corrected chi connectivity index (χ0v) is 9.76. The topological polar surface area (TPSA) is 62.1 Å². The number of methoxy groups -OCH3 is 1. The van der Waals surface area contributed by atoms with Crippen molar-refractivity contribution in [3.05, 3.63) is 28.3 Å². The number of nitriles is 1. The van der Waals surface area contributed by atoms with Gasteiger partial charge in [0.25, 0.3) is 5.91 Å². The van der Waals surface area contributed by atoms with Crippen molar-refractivity contribution >= 4 is 17.5 Å². The van der Waals surface area contributed by atoms with Crippen LogP contribution in [0.3, 0.4) is 0 Å². The molecular weight excluding hydrogens is 228 g/mol. The Morgan fingerprint density at radius 3 is 2.88 bits per heavy atom. The van der Waals surface area contributed by atoms with Gasteiger partial charge in [-0.3, -0.25) is 4.79 Å². The van der Waals surface area contributed by atoms with Crippen LogP contribution >= 0.6 is 11.6 Å². The molecule has 0 atom stereocenters. The Balaban J connectivity index is 3.11. The van der Waals surface area contributed by atoms with E-state index >= 15 is 0 Å². The van der Waals surface area contributed by atoms with Crippen LogP contribution in [0.2, 0.25) is 5.02 Å². The van der Waals surface area contributed by atoms with E-state index in [0.717, 1.165) is 5.56 Å². The quantitative estimate of drug-likeness (QED) is 0.819.